The third kappa shape index (κ3) is 2.12. The van der Waals surface area contributed by atoms with Gasteiger partial charge in [-0.05, 0) is 35.9 Å². The summed E-state index contributed by atoms with van der Waals surface area (Å²) in [4.78, 5) is 4.13. The van der Waals surface area contributed by atoms with Gasteiger partial charge in [0.15, 0.2) is 0 Å². The Morgan fingerprint density at radius 3 is 2.77 bits per heavy atom. The second kappa shape index (κ2) is 5.03. The SMILES string of the molecule is Fc1ccc(C2C=C(c3cccnc3)Nc3nn[nH][n+]32)cc1. The first kappa shape index (κ1) is 12.6. The van der Waals surface area contributed by atoms with Gasteiger partial charge in [0.25, 0.3) is 0 Å². The summed E-state index contributed by atoms with van der Waals surface area (Å²) >= 11 is 0. The lowest BCUT2D eigenvalue weighted by Gasteiger charge is -2.18. The number of fused-ring (bicyclic) bond motifs is 1. The molecule has 0 radical (unpaired) electrons. The van der Waals surface area contributed by atoms with Crippen molar-refractivity contribution in [2.75, 3.05) is 5.32 Å². The van der Waals surface area contributed by atoms with Crippen LogP contribution in [0.4, 0.5) is 10.3 Å². The molecule has 3 aromatic rings. The van der Waals surface area contributed by atoms with Gasteiger partial charge in [0.1, 0.15) is 17.1 Å². The minimum Gasteiger partial charge on any atom is -0.264 e. The quantitative estimate of drug-likeness (QED) is 0.706. The molecule has 1 aliphatic heterocycles. The smallest absolute Gasteiger partial charge is 0.264 e. The molecular formula is C15H12FN6+. The molecule has 0 bridgehead atoms. The van der Waals surface area contributed by atoms with Gasteiger partial charge in [-0.1, -0.05) is 12.1 Å². The predicted molar refractivity (Wildman–Crippen MR) is 77.0 cm³/mol. The van der Waals surface area contributed by atoms with E-state index >= 15 is 0 Å². The van der Waals surface area contributed by atoms with E-state index in [0.29, 0.717) is 5.95 Å². The van der Waals surface area contributed by atoms with Crippen molar-refractivity contribution in [1.29, 1.82) is 0 Å². The van der Waals surface area contributed by atoms with Crippen molar-refractivity contribution in [1.82, 2.24) is 20.5 Å². The number of hydrogen-bond acceptors (Lipinski definition) is 4. The van der Waals surface area contributed by atoms with Gasteiger partial charge in [0.05, 0.1) is 10.8 Å². The van der Waals surface area contributed by atoms with Gasteiger partial charge in [-0.3, -0.25) is 10.3 Å². The maximum absolute atomic E-state index is 13.2. The first-order valence-electron chi connectivity index (χ1n) is 6.78. The molecule has 22 heavy (non-hydrogen) atoms. The highest BCUT2D eigenvalue weighted by Gasteiger charge is 2.29. The Hall–Kier alpha value is -3.09. The zero-order valence-electron chi connectivity index (χ0n) is 11.4. The van der Waals surface area contributed by atoms with Crippen molar-refractivity contribution < 1.29 is 9.07 Å². The number of aromatic nitrogens is 5. The van der Waals surface area contributed by atoms with Crippen LogP contribution in [0, 0.1) is 5.82 Å². The van der Waals surface area contributed by atoms with E-state index in [1.807, 2.05) is 18.2 Å². The Bertz CT molecular complexity index is 825. The fourth-order valence-corrected chi connectivity index (χ4v) is 2.48. The number of hydrogen-bond donors (Lipinski definition) is 2. The zero-order valence-corrected chi connectivity index (χ0v) is 11.4. The number of benzene rings is 1. The van der Waals surface area contributed by atoms with Gasteiger partial charge in [-0.15, -0.1) is 9.90 Å². The monoisotopic (exact) mass is 295 g/mol. The van der Waals surface area contributed by atoms with Crippen LogP contribution in [0.15, 0.2) is 54.9 Å². The second-order valence-corrected chi connectivity index (χ2v) is 4.94. The minimum absolute atomic E-state index is 0.151. The molecule has 2 aromatic heterocycles. The third-order valence-electron chi connectivity index (χ3n) is 3.56. The summed E-state index contributed by atoms with van der Waals surface area (Å²) in [5.41, 5.74) is 2.77. The molecule has 0 amide bonds. The Morgan fingerprint density at radius 2 is 2.00 bits per heavy atom. The molecule has 6 nitrogen and oxygen atoms in total. The number of aromatic amines is 1. The van der Waals surface area contributed by atoms with Crippen LogP contribution in [-0.2, 0) is 0 Å². The predicted octanol–water partition coefficient (Wildman–Crippen LogP) is 1.68. The average molecular weight is 295 g/mol. The molecule has 1 aromatic carbocycles. The van der Waals surface area contributed by atoms with E-state index in [4.69, 9.17) is 0 Å². The number of H-pyrrole nitrogens is 1. The standard InChI is InChI=1S/C15H11FN6/c16-12-5-3-10(4-6-12)14-8-13(11-2-1-7-17-9-11)18-15-19-20-21-22(14)15/h1-9,14H,(H,18,19,21)/p+1. The van der Waals surface area contributed by atoms with Crippen LogP contribution in [0.5, 0.6) is 0 Å². The summed E-state index contributed by atoms with van der Waals surface area (Å²) in [5.74, 6) is 0.331. The molecular weight excluding hydrogens is 283 g/mol. The van der Waals surface area contributed by atoms with Gasteiger partial charge in [-0.25, -0.2) is 4.39 Å². The van der Waals surface area contributed by atoms with Gasteiger partial charge in [0, 0.05) is 18.0 Å². The van der Waals surface area contributed by atoms with E-state index in [0.717, 1.165) is 16.8 Å². The molecule has 0 fully saturated rings. The molecule has 2 N–H and O–H groups in total. The molecule has 108 valence electrons. The molecule has 1 unspecified atom stereocenters. The Morgan fingerprint density at radius 1 is 1.14 bits per heavy atom. The van der Waals surface area contributed by atoms with Crippen LogP contribution in [-0.4, -0.2) is 20.5 Å². The second-order valence-electron chi connectivity index (χ2n) is 4.94. The molecule has 0 spiro atoms. The lowest BCUT2D eigenvalue weighted by molar-refractivity contribution is -0.748. The van der Waals surface area contributed by atoms with Gasteiger partial charge in [0.2, 0.25) is 0 Å². The minimum atomic E-state index is -0.262. The van der Waals surface area contributed by atoms with E-state index in [-0.39, 0.29) is 11.9 Å². The number of tetrazole rings is 1. The topological polar surface area (TPSA) is 70.4 Å². The van der Waals surface area contributed by atoms with Crippen molar-refractivity contribution in [2.24, 2.45) is 0 Å². The lowest BCUT2D eigenvalue weighted by atomic mass is 10.0. The maximum Gasteiger partial charge on any atom is 0.405 e. The molecule has 0 saturated heterocycles. The highest BCUT2D eigenvalue weighted by Crippen LogP contribution is 2.25. The Labute approximate surface area is 125 Å². The first-order valence-corrected chi connectivity index (χ1v) is 6.78. The van der Waals surface area contributed by atoms with E-state index in [1.165, 1.54) is 12.1 Å². The van der Waals surface area contributed by atoms with Crippen LogP contribution in [0.1, 0.15) is 17.2 Å². The molecule has 4 rings (SSSR count). The van der Waals surface area contributed by atoms with E-state index in [9.17, 15) is 4.39 Å². The van der Waals surface area contributed by atoms with Crippen molar-refractivity contribution in [2.45, 2.75) is 6.04 Å². The number of anilines is 1. The number of rotatable bonds is 2. The maximum atomic E-state index is 13.2. The summed E-state index contributed by atoms with van der Waals surface area (Å²) < 4.78 is 14.9. The van der Waals surface area contributed by atoms with Gasteiger partial charge in [-0.2, -0.15) is 0 Å². The summed E-state index contributed by atoms with van der Waals surface area (Å²) in [6.07, 6.45) is 5.52. The summed E-state index contributed by atoms with van der Waals surface area (Å²) in [6.45, 7) is 0. The van der Waals surface area contributed by atoms with Crippen molar-refractivity contribution in [3.63, 3.8) is 0 Å². The first-order chi connectivity index (χ1) is 10.8. The zero-order chi connectivity index (χ0) is 14.9. The van der Waals surface area contributed by atoms with Crippen LogP contribution in [0.2, 0.25) is 0 Å². The summed E-state index contributed by atoms with van der Waals surface area (Å²) in [7, 11) is 0. The number of halogens is 1. The fraction of sp³-hybridized carbons (Fsp3) is 0.0667. The highest BCUT2D eigenvalue weighted by molar-refractivity contribution is 5.74. The third-order valence-corrected chi connectivity index (χ3v) is 3.56. The van der Waals surface area contributed by atoms with Crippen molar-refractivity contribution >= 4 is 11.6 Å². The summed E-state index contributed by atoms with van der Waals surface area (Å²) in [6, 6.07) is 10.1. The number of pyridine rings is 1. The van der Waals surface area contributed by atoms with Gasteiger partial charge < -0.3 is 0 Å². The lowest BCUT2D eigenvalue weighted by Crippen LogP contribution is -2.46. The van der Waals surface area contributed by atoms with Crippen molar-refractivity contribution in [3.05, 3.63) is 71.8 Å². The van der Waals surface area contributed by atoms with Crippen LogP contribution in [0.3, 0.4) is 0 Å². The normalized spacial score (nSPS) is 16.6. The number of allylic oxidation sites excluding steroid dienone is 1. The fourth-order valence-electron chi connectivity index (χ4n) is 2.48. The summed E-state index contributed by atoms with van der Waals surface area (Å²) in [5, 5.41) is 13.9. The van der Waals surface area contributed by atoms with Gasteiger partial charge >= 0.3 is 5.95 Å². The number of nitrogens with one attached hydrogen (secondary N) is 2. The van der Waals surface area contributed by atoms with E-state index in [1.54, 1.807) is 29.2 Å². The van der Waals surface area contributed by atoms with E-state index in [2.05, 4.69) is 25.8 Å². The Kier molecular flexibility index (Phi) is 2.89. The molecule has 1 atom stereocenters. The molecule has 0 saturated carbocycles. The number of nitrogens with zero attached hydrogens (tertiary/aromatic N) is 4. The van der Waals surface area contributed by atoms with Crippen LogP contribution >= 0.6 is 0 Å². The largest absolute Gasteiger partial charge is 0.405 e. The highest BCUT2D eigenvalue weighted by atomic mass is 19.1. The average Bonchev–Trinajstić information content (AvgIpc) is 3.04. The van der Waals surface area contributed by atoms with E-state index < -0.39 is 0 Å². The van der Waals surface area contributed by atoms with Crippen LogP contribution in [0.25, 0.3) is 5.70 Å². The molecule has 1 aliphatic rings. The molecule has 7 heteroatoms. The molecule has 0 aliphatic carbocycles. The van der Waals surface area contributed by atoms with Crippen LogP contribution < -0.4 is 10.00 Å². The molecule has 3 heterocycles. The Balaban J connectivity index is 1.81. The van der Waals surface area contributed by atoms with Crippen molar-refractivity contribution in [3.8, 4) is 0 Å².